The van der Waals surface area contributed by atoms with Crippen LogP contribution in [0.25, 0.3) is 0 Å². The van der Waals surface area contributed by atoms with Crippen molar-refractivity contribution in [2.75, 3.05) is 26.7 Å². The SMILES string of the molecule is CNCC(C)C(=O)NC(Cc1ccccc1)C(=O)N1CCCC1.Cl. The van der Waals surface area contributed by atoms with Crippen LogP contribution < -0.4 is 10.6 Å². The molecular formula is C18H28ClN3O2. The van der Waals surface area contributed by atoms with Gasteiger partial charge in [0.15, 0.2) is 0 Å². The van der Waals surface area contributed by atoms with E-state index in [2.05, 4.69) is 10.6 Å². The molecule has 1 fully saturated rings. The smallest absolute Gasteiger partial charge is 0.245 e. The van der Waals surface area contributed by atoms with E-state index in [1.54, 1.807) is 0 Å². The van der Waals surface area contributed by atoms with Crippen LogP contribution in [0.2, 0.25) is 0 Å². The zero-order valence-corrected chi connectivity index (χ0v) is 15.3. The molecule has 1 aromatic carbocycles. The Bertz CT molecular complexity index is 518. The summed E-state index contributed by atoms with van der Waals surface area (Å²) < 4.78 is 0. The molecule has 0 radical (unpaired) electrons. The van der Waals surface area contributed by atoms with E-state index < -0.39 is 6.04 Å². The number of hydrogen-bond acceptors (Lipinski definition) is 3. The van der Waals surface area contributed by atoms with Crippen LogP contribution in [0.15, 0.2) is 30.3 Å². The fraction of sp³-hybridized carbons (Fsp3) is 0.556. The van der Waals surface area contributed by atoms with Gasteiger partial charge in [-0.1, -0.05) is 37.3 Å². The number of rotatable bonds is 7. The minimum absolute atomic E-state index is 0. The molecule has 134 valence electrons. The molecule has 2 N–H and O–H groups in total. The molecule has 0 saturated carbocycles. The van der Waals surface area contributed by atoms with Crippen molar-refractivity contribution >= 4 is 24.2 Å². The molecule has 2 atom stereocenters. The number of carbonyl (C=O) groups excluding carboxylic acids is 2. The first kappa shape index (κ1) is 20.5. The van der Waals surface area contributed by atoms with Crippen LogP contribution in [0, 0.1) is 5.92 Å². The molecule has 0 aromatic heterocycles. The first-order chi connectivity index (χ1) is 11.1. The summed E-state index contributed by atoms with van der Waals surface area (Å²) in [6.45, 7) is 4.06. The normalized spacial score (nSPS) is 16.2. The van der Waals surface area contributed by atoms with Crippen molar-refractivity contribution < 1.29 is 9.59 Å². The van der Waals surface area contributed by atoms with E-state index in [0.717, 1.165) is 31.5 Å². The second-order valence-corrected chi connectivity index (χ2v) is 6.24. The first-order valence-electron chi connectivity index (χ1n) is 8.39. The Labute approximate surface area is 150 Å². The lowest BCUT2D eigenvalue weighted by molar-refractivity contribution is -0.136. The summed E-state index contributed by atoms with van der Waals surface area (Å²) in [5.74, 6) is -0.200. The van der Waals surface area contributed by atoms with Gasteiger partial charge in [-0.15, -0.1) is 12.4 Å². The Morgan fingerprint density at radius 3 is 2.38 bits per heavy atom. The molecule has 1 heterocycles. The number of benzene rings is 1. The van der Waals surface area contributed by atoms with Crippen molar-refractivity contribution in [2.45, 2.75) is 32.2 Å². The molecule has 0 spiro atoms. The predicted molar refractivity (Wildman–Crippen MR) is 98.2 cm³/mol. The summed E-state index contributed by atoms with van der Waals surface area (Å²) in [5, 5.41) is 5.96. The summed E-state index contributed by atoms with van der Waals surface area (Å²) >= 11 is 0. The van der Waals surface area contributed by atoms with Gasteiger partial charge in [0.1, 0.15) is 6.04 Å². The van der Waals surface area contributed by atoms with E-state index in [-0.39, 0.29) is 30.1 Å². The third-order valence-electron chi connectivity index (χ3n) is 4.27. The molecule has 6 heteroatoms. The molecule has 0 bridgehead atoms. The van der Waals surface area contributed by atoms with Crippen LogP contribution in [0.1, 0.15) is 25.3 Å². The van der Waals surface area contributed by atoms with Crippen LogP contribution in [-0.4, -0.2) is 49.4 Å². The highest BCUT2D eigenvalue weighted by molar-refractivity contribution is 5.88. The van der Waals surface area contributed by atoms with Crippen LogP contribution in [-0.2, 0) is 16.0 Å². The van der Waals surface area contributed by atoms with Crippen LogP contribution in [0.4, 0.5) is 0 Å². The molecule has 1 saturated heterocycles. The second kappa shape index (κ2) is 10.3. The average Bonchev–Trinajstić information content (AvgIpc) is 3.09. The molecule has 1 aromatic rings. The Balaban J connectivity index is 0.00000288. The Hall–Kier alpha value is -1.59. The molecule has 0 aliphatic carbocycles. The zero-order valence-electron chi connectivity index (χ0n) is 14.5. The van der Waals surface area contributed by atoms with Gasteiger partial charge in [-0.05, 0) is 25.5 Å². The zero-order chi connectivity index (χ0) is 16.7. The molecule has 1 aliphatic heterocycles. The maximum atomic E-state index is 12.8. The second-order valence-electron chi connectivity index (χ2n) is 6.24. The average molecular weight is 354 g/mol. The Kier molecular flexibility index (Phi) is 8.79. The minimum Gasteiger partial charge on any atom is -0.344 e. The molecule has 1 aliphatic rings. The molecule has 5 nitrogen and oxygen atoms in total. The fourth-order valence-electron chi connectivity index (χ4n) is 2.92. The first-order valence-corrected chi connectivity index (χ1v) is 8.39. The van der Waals surface area contributed by atoms with Crippen LogP contribution >= 0.6 is 12.4 Å². The van der Waals surface area contributed by atoms with Gasteiger partial charge in [0, 0.05) is 32.0 Å². The van der Waals surface area contributed by atoms with Gasteiger partial charge in [0.05, 0.1) is 0 Å². The predicted octanol–water partition coefficient (Wildman–Crippen LogP) is 1.61. The lowest BCUT2D eigenvalue weighted by Gasteiger charge is -2.25. The topological polar surface area (TPSA) is 61.4 Å². The van der Waals surface area contributed by atoms with E-state index >= 15 is 0 Å². The summed E-state index contributed by atoms with van der Waals surface area (Å²) in [5.41, 5.74) is 1.06. The summed E-state index contributed by atoms with van der Waals surface area (Å²) in [4.78, 5) is 27.0. The monoisotopic (exact) mass is 353 g/mol. The maximum absolute atomic E-state index is 12.8. The molecule has 2 amide bonds. The Morgan fingerprint density at radius 2 is 1.79 bits per heavy atom. The summed E-state index contributed by atoms with van der Waals surface area (Å²) in [6, 6.07) is 9.37. The lowest BCUT2D eigenvalue weighted by atomic mass is 10.0. The number of carbonyl (C=O) groups is 2. The standard InChI is InChI=1S/C18H27N3O2.ClH/c1-14(13-19-2)17(22)20-16(12-15-8-4-3-5-9-15)18(23)21-10-6-7-11-21;/h3-5,8-9,14,16,19H,6-7,10-13H2,1-2H3,(H,20,22);1H. The number of likely N-dealkylation sites (tertiary alicyclic amines) is 1. The highest BCUT2D eigenvalue weighted by atomic mass is 35.5. The largest absolute Gasteiger partial charge is 0.344 e. The van der Waals surface area contributed by atoms with Crippen molar-refractivity contribution in [1.29, 1.82) is 0 Å². The van der Waals surface area contributed by atoms with Crippen molar-refractivity contribution in [3.8, 4) is 0 Å². The van der Waals surface area contributed by atoms with Crippen LogP contribution in [0.3, 0.4) is 0 Å². The highest BCUT2D eigenvalue weighted by Crippen LogP contribution is 2.12. The van der Waals surface area contributed by atoms with Crippen molar-refractivity contribution in [1.82, 2.24) is 15.5 Å². The number of halogens is 1. The van der Waals surface area contributed by atoms with E-state index in [4.69, 9.17) is 0 Å². The van der Waals surface area contributed by atoms with E-state index in [9.17, 15) is 9.59 Å². The van der Waals surface area contributed by atoms with Gasteiger partial charge in [0.2, 0.25) is 11.8 Å². The molecular weight excluding hydrogens is 326 g/mol. The molecule has 2 unspecified atom stereocenters. The maximum Gasteiger partial charge on any atom is 0.245 e. The quantitative estimate of drug-likeness (QED) is 0.783. The number of nitrogens with zero attached hydrogens (tertiary/aromatic N) is 1. The Morgan fingerprint density at radius 1 is 1.17 bits per heavy atom. The number of amides is 2. The lowest BCUT2D eigenvalue weighted by Crippen LogP contribution is -2.51. The summed E-state index contributed by atoms with van der Waals surface area (Å²) in [7, 11) is 1.82. The van der Waals surface area contributed by atoms with Crippen molar-refractivity contribution in [3.63, 3.8) is 0 Å². The van der Waals surface area contributed by atoms with Crippen molar-refractivity contribution in [3.05, 3.63) is 35.9 Å². The van der Waals surface area contributed by atoms with Crippen molar-refractivity contribution in [2.24, 2.45) is 5.92 Å². The van der Waals surface area contributed by atoms with Gasteiger partial charge in [-0.2, -0.15) is 0 Å². The van der Waals surface area contributed by atoms with Gasteiger partial charge < -0.3 is 15.5 Å². The van der Waals surface area contributed by atoms with Gasteiger partial charge in [-0.25, -0.2) is 0 Å². The third kappa shape index (κ3) is 5.80. The van der Waals surface area contributed by atoms with Crippen LogP contribution in [0.5, 0.6) is 0 Å². The number of nitrogens with one attached hydrogen (secondary N) is 2. The fourth-order valence-corrected chi connectivity index (χ4v) is 2.92. The number of hydrogen-bond donors (Lipinski definition) is 2. The van der Waals surface area contributed by atoms with E-state index in [1.165, 1.54) is 0 Å². The third-order valence-corrected chi connectivity index (χ3v) is 4.27. The minimum atomic E-state index is -0.484. The van der Waals surface area contributed by atoms with Gasteiger partial charge in [0.25, 0.3) is 0 Å². The highest BCUT2D eigenvalue weighted by Gasteiger charge is 2.29. The van der Waals surface area contributed by atoms with Gasteiger partial charge >= 0.3 is 0 Å². The molecule has 24 heavy (non-hydrogen) atoms. The summed E-state index contributed by atoms with van der Waals surface area (Å²) in [6.07, 6.45) is 2.63. The van der Waals surface area contributed by atoms with Gasteiger partial charge in [-0.3, -0.25) is 9.59 Å². The van der Waals surface area contributed by atoms with E-state index in [0.29, 0.717) is 13.0 Å². The van der Waals surface area contributed by atoms with E-state index in [1.807, 2.05) is 49.2 Å². The molecule has 2 rings (SSSR count).